The molecule has 1 aliphatic rings. The van der Waals surface area contributed by atoms with Gasteiger partial charge in [-0.15, -0.1) is 0 Å². The Morgan fingerprint density at radius 1 is 1.27 bits per heavy atom. The fourth-order valence-corrected chi connectivity index (χ4v) is 2.81. The van der Waals surface area contributed by atoms with Gasteiger partial charge in [0, 0.05) is 19.0 Å². The van der Waals surface area contributed by atoms with Crippen molar-refractivity contribution in [2.45, 2.75) is 45.1 Å². The number of rotatable bonds is 2. The van der Waals surface area contributed by atoms with Crippen LogP contribution in [-0.2, 0) is 4.74 Å². The third kappa shape index (κ3) is 4.17. The minimum absolute atomic E-state index is 0.0200. The lowest BCUT2D eigenvalue weighted by atomic mass is 9.97. The molecule has 0 unspecified atom stereocenters. The van der Waals surface area contributed by atoms with Gasteiger partial charge in [-0.25, -0.2) is 13.6 Å². The summed E-state index contributed by atoms with van der Waals surface area (Å²) >= 11 is 0. The third-order valence-corrected chi connectivity index (χ3v) is 4.11. The molecule has 26 heavy (non-hydrogen) atoms. The Hall–Kier alpha value is -2.51. The number of carbonyl (C=O) groups is 1. The molecule has 0 aliphatic carbocycles. The van der Waals surface area contributed by atoms with E-state index in [4.69, 9.17) is 9.26 Å². The Kier molecular flexibility index (Phi) is 4.93. The number of nitrogens with zero attached hydrogens (tertiary/aromatic N) is 3. The van der Waals surface area contributed by atoms with Crippen LogP contribution in [0, 0.1) is 11.6 Å². The first-order valence-electron chi connectivity index (χ1n) is 8.50. The van der Waals surface area contributed by atoms with Crippen LogP contribution in [0.2, 0.25) is 0 Å². The van der Waals surface area contributed by atoms with E-state index in [0.717, 1.165) is 18.2 Å². The van der Waals surface area contributed by atoms with Crippen molar-refractivity contribution in [1.29, 1.82) is 0 Å². The van der Waals surface area contributed by atoms with Gasteiger partial charge in [-0.3, -0.25) is 0 Å². The molecule has 1 fully saturated rings. The Bertz CT molecular complexity index is 793. The van der Waals surface area contributed by atoms with Crippen LogP contribution in [-0.4, -0.2) is 39.8 Å². The molecule has 0 spiro atoms. The van der Waals surface area contributed by atoms with Crippen molar-refractivity contribution in [3.8, 4) is 11.4 Å². The minimum atomic E-state index is -0.613. The second kappa shape index (κ2) is 7.01. The highest BCUT2D eigenvalue weighted by molar-refractivity contribution is 5.68. The van der Waals surface area contributed by atoms with Crippen molar-refractivity contribution in [3.63, 3.8) is 0 Å². The summed E-state index contributed by atoms with van der Waals surface area (Å²) in [5.41, 5.74) is -0.573. The molecule has 0 N–H and O–H groups in total. The fraction of sp³-hybridized carbons (Fsp3) is 0.500. The van der Waals surface area contributed by atoms with E-state index in [1.54, 1.807) is 4.90 Å². The number of amides is 1. The minimum Gasteiger partial charge on any atom is -0.444 e. The second-order valence-corrected chi connectivity index (χ2v) is 7.32. The van der Waals surface area contributed by atoms with Crippen LogP contribution < -0.4 is 0 Å². The number of benzene rings is 1. The zero-order chi connectivity index (χ0) is 18.9. The van der Waals surface area contributed by atoms with Gasteiger partial charge in [0.1, 0.15) is 17.2 Å². The predicted molar refractivity (Wildman–Crippen MR) is 89.4 cm³/mol. The van der Waals surface area contributed by atoms with Gasteiger partial charge in [-0.2, -0.15) is 4.98 Å². The molecule has 6 nitrogen and oxygen atoms in total. The van der Waals surface area contributed by atoms with E-state index in [1.807, 2.05) is 20.8 Å². The van der Waals surface area contributed by atoms with Crippen molar-refractivity contribution in [2.75, 3.05) is 13.1 Å². The number of ether oxygens (including phenoxy) is 1. The fourth-order valence-electron chi connectivity index (χ4n) is 2.81. The van der Waals surface area contributed by atoms with E-state index in [0.29, 0.717) is 31.8 Å². The van der Waals surface area contributed by atoms with E-state index in [1.165, 1.54) is 0 Å². The molecule has 1 amide bonds. The molecule has 1 aromatic heterocycles. The normalized spacial score (nSPS) is 16.0. The maximum absolute atomic E-state index is 13.8. The van der Waals surface area contributed by atoms with E-state index in [-0.39, 0.29) is 23.4 Å². The van der Waals surface area contributed by atoms with Gasteiger partial charge in [0.2, 0.25) is 11.7 Å². The first-order valence-corrected chi connectivity index (χ1v) is 8.50. The molecule has 0 bridgehead atoms. The average Bonchev–Trinajstić information content (AvgIpc) is 3.05. The number of aromatic nitrogens is 2. The van der Waals surface area contributed by atoms with Crippen LogP contribution in [0.3, 0.4) is 0 Å². The molecular formula is C18H21F2N3O3. The molecule has 0 radical (unpaired) electrons. The van der Waals surface area contributed by atoms with Crippen molar-refractivity contribution in [1.82, 2.24) is 15.0 Å². The Labute approximate surface area is 150 Å². The molecule has 2 heterocycles. The van der Waals surface area contributed by atoms with Gasteiger partial charge in [0.25, 0.3) is 0 Å². The van der Waals surface area contributed by atoms with Crippen LogP contribution in [0.5, 0.6) is 0 Å². The molecule has 1 aliphatic heterocycles. The van der Waals surface area contributed by atoms with Crippen LogP contribution in [0.1, 0.15) is 45.4 Å². The third-order valence-electron chi connectivity index (χ3n) is 4.11. The van der Waals surface area contributed by atoms with Gasteiger partial charge in [0.15, 0.2) is 0 Å². The summed E-state index contributed by atoms with van der Waals surface area (Å²) in [6.45, 7) is 6.48. The maximum Gasteiger partial charge on any atom is 0.410 e. The van der Waals surface area contributed by atoms with Gasteiger partial charge >= 0.3 is 6.09 Å². The van der Waals surface area contributed by atoms with E-state index in [9.17, 15) is 13.6 Å². The first kappa shape index (κ1) is 18.3. The van der Waals surface area contributed by atoms with Crippen LogP contribution >= 0.6 is 0 Å². The monoisotopic (exact) mass is 365 g/mol. The summed E-state index contributed by atoms with van der Waals surface area (Å²) in [6, 6.07) is 3.10. The number of hydrogen-bond donors (Lipinski definition) is 0. The van der Waals surface area contributed by atoms with Crippen molar-refractivity contribution < 1.29 is 22.8 Å². The number of halogens is 2. The number of likely N-dealkylation sites (tertiary alicyclic amines) is 1. The second-order valence-electron chi connectivity index (χ2n) is 7.32. The lowest BCUT2D eigenvalue weighted by Crippen LogP contribution is -2.41. The Morgan fingerprint density at radius 3 is 2.62 bits per heavy atom. The van der Waals surface area contributed by atoms with Gasteiger partial charge < -0.3 is 14.2 Å². The quantitative estimate of drug-likeness (QED) is 0.800. The highest BCUT2D eigenvalue weighted by Gasteiger charge is 2.30. The summed E-state index contributed by atoms with van der Waals surface area (Å²) < 4.78 is 37.8. The summed E-state index contributed by atoms with van der Waals surface area (Å²) in [6.07, 6.45) is 0.919. The molecule has 140 valence electrons. The van der Waals surface area contributed by atoms with Crippen molar-refractivity contribution in [3.05, 3.63) is 35.7 Å². The smallest absolute Gasteiger partial charge is 0.410 e. The summed E-state index contributed by atoms with van der Waals surface area (Å²) in [5, 5.41) is 3.77. The van der Waals surface area contributed by atoms with E-state index < -0.39 is 17.2 Å². The number of carbonyl (C=O) groups excluding carboxylic acids is 1. The molecule has 1 aromatic carbocycles. The zero-order valence-electron chi connectivity index (χ0n) is 15.0. The largest absolute Gasteiger partial charge is 0.444 e. The first-order chi connectivity index (χ1) is 12.2. The lowest BCUT2D eigenvalue weighted by Gasteiger charge is -2.32. The Morgan fingerprint density at radius 2 is 1.96 bits per heavy atom. The number of hydrogen-bond acceptors (Lipinski definition) is 5. The van der Waals surface area contributed by atoms with Gasteiger partial charge in [-0.05, 0) is 51.8 Å². The van der Waals surface area contributed by atoms with Crippen LogP contribution in [0.25, 0.3) is 11.4 Å². The molecule has 3 rings (SSSR count). The van der Waals surface area contributed by atoms with E-state index >= 15 is 0 Å². The topological polar surface area (TPSA) is 68.5 Å². The zero-order valence-corrected chi connectivity index (χ0v) is 15.0. The maximum atomic E-state index is 13.8. The molecule has 8 heteroatoms. The Balaban J connectivity index is 1.65. The van der Waals surface area contributed by atoms with E-state index in [2.05, 4.69) is 10.1 Å². The van der Waals surface area contributed by atoms with Crippen molar-refractivity contribution >= 4 is 6.09 Å². The number of piperidine rings is 1. The highest BCUT2D eigenvalue weighted by Crippen LogP contribution is 2.30. The molecular weight excluding hydrogens is 344 g/mol. The van der Waals surface area contributed by atoms with Gasteiger partial charge in [-0.1, -0.05) is 5.16 Å². The highest BCUT2D eigenvalue weighted by atomic mass is 19.1. The SMILES string of the molecule is CC(C)(C)OC(=O)N1CCC(c2nc(-c3cc(F)ccc3F)no2)CC1. The average molecular weight is 365 g/mol. The van der Waals surface area contributed by atoms with Crippen LogP contribution in [0.15, 0.2) is 22.7 Å². The summed E-state index contributed by atoms with van der Waals surface area (Å²) in [7, 11) is 0. The summed E-state index contributed by atoms with van der Waals surface area (Å²) in [4.78, 5) is 18.0. The predicted octanol–water partition coefficient (Wildman–Crippen LogP) is 4.13. The van der Waals surface area contributed by atoms with Gasteiger partial charge in [0.05, 0.1) is 5.56 Å². The molecule has 0 saturated carbocycles. The molecule has 0 atom stereocenters. The standard InChI is InChI=1S/C18H21F2N3O3/c1-18(2,3)25-17(24)23-8-6-11(7-9-23)16-21-15(22-26-16)13-10-12(19)4-5-14(13)20/h4-5,10-11H,6-9H2,1-3H3. The molecule has 2 aromatic rings. The lowest BCUT2D eigenvalue weighted by molar-refractivity contribution is 0.0198. The molecule has 1 saturated heterocycles. The van der Waals surface area contributed by atoms with Crippen molar-refractivity contribution in [2.24, 2.45) is 0 Å². The van der Waals surface area contributed by atoms with Crippen LogP contribution in [0.4, 0.5) is 13.6 Å². The summed E-state index contributed by atoms with van der Waals surface area (Å²) in [5.74, 6) is -0.831.